The van der Waals surface area contributed by atoms with E-state index >= 15 is 0 Å². The monoisotopic (exact) mass is 504 g/mol. The zero-order valence-corrected chi connectivity index (χ0v) is 21.0. The number of hydrogen-bond donors (Lipinski definition) is 1. The van der Waals surface area contributed by atoms with E-state index in [0.29, 0.717) is 28.7 Å². The third-order valence-electron chi connectivity index (χ3n) is 6.49. The first-order valence-electron chi connectivity index (χ1n) is 12.1. The number of carbonyl (C=O) groups is 1. The Kier molecular flexibility index (Phi) is 7.39. The smallest absolute Gasteiger partial charge is 0.256 e. The number of pyridine rings is 1. The predicted octanol–water partition coefficient (Wildman–Crippen LogP) is 4.83. The molecule has 1 fully saturated rings. The number of benzene rings is 2. The van der Waals surface area contributed by atoms with Gasteiger partial charge >= 0.3 is 0 Å². The number of piperazine rings is 1. The summed E-state index contributed by atoms with van der Waals surface area (Å²) < 4.78 is 11.6. The maximum atomic E-state index is 12.5. The number of ether oxygens (including phenoxy) is 2. The van der Waals surface area contributed by atoms with Crippen molar-refractivity contribution in [2.75, 3.05) is 56.7 Å². The van der Waals surface area contributed by atoms with Crippen LogP contribution >= 0.6 is 11.6 Å². The largest absolute Gasteiger partial charge is 0.493 e. The number of anilines is 2. The number of aromatic nitrogens is 1. The van der Waals surface area contributed by atoms with Gasteiger partial charge < -0.3 is 19.7 Å². The minimum absolute atomic E-state index is 0.146. The van der Waals surface area contributed by atoms with Crippen molar-refractivity contribution >= 4 is 40.7 Å². The van der Waals surface area contributed by atoms with Crippen LogP contribution in [0.5, 0.6) is 11.5 Å². The van der Waals surface area contributed by atoms with Gasteiger partial charge in [0.25, 0.3) is 5.91 Å². The highest BCUT2D eigenvalue weighted by Gasteiger charge is 2.24. The molecule has 0 atom stereocenters. The van der Waals surface area contributed by atoms with Crippen molar-refractivity contribution in [2.45, 2.75) is 6.42 Å². The Balaban J connectivity index is 1.14. The first-order valence-corrected chi connectivity index (χ1v) is 12.5. The molecule has 2 aromatic carbocycles. The molecule has 0 radical (unpaired) electrons. The summed E-state index contributed by atoms with van der Waals surface area (Å²) in [5.74, 6) is 2.23. The number of carbonyl (C=O) groups excluding carboxylic acids is 1. The number of fused-ring (bicyclic) bond motifs is 1. The molecule has 2 aliphatic rings. The maximum Gasteiger partial charge on any atom is 0.256 e. The molecule has 5 rings (SSSR count). The standard InChI is InChI=1S/C28H29ClN4O3/c1-35-26-18-20(17-23-22-19-21(29)7-8-24(22)31-28(23)34)6-9-25(26)36-16-4-11-32-12-14-33(15-13-32)27-5-2-3-10-30-27/h2-3,5-10,17-19H,4,11-16H2,1H3,(H,31,34)/b23-17-. The van der Waals surface area contributed by atoms with E-state index in [1.807, 2.05) is 48.7 Å². The summed E-state index contributed by atoms with van der Waals surface area (Å²) >= 11 is 6.14. The molecule has 3 heterocycles. The Bertz CT molecular complexity index is 1260. The molecule has 0 bridgehead atoms. The van der Waals surface area contributed by atoms with Gasteiger partial charge in [-0.15, -0.1) is 0 Å². The molecule has 0 spiro atoms. The summed E-state index contributed by atoms with van der Waals surface area (Å²) in [4.78, 5) is 21.7. The van der Waals surface area contributed by atoms with Crippen LogP contribution in [0.25, 0.3) is 11.6 Å². The normalized spacial score (nSPS) is 16.7. The first-order chi connectivity index (χ1) is 17.6. The van der Waals surface area contributed by atoms with E-state index in [0.717, 1.165) is 61.8 Å². The van der Waals surface area contributed by atoms with Crippen LogP contribution in [0.2, 0.25) is 5.02 Å². The van der Waals surface area contributed by atoms with Gasteiger partial charge in [0.2, 0.25) is 0 Å². The van der Waals surface area contributed by atoms with Crippen LogP contribution in [0.3, 0.4) is 0 Å². The Labute approximate surface area is 216 Å². The molecule has 0 unspecified atom stereocenters. The summed E-state index contributed by atoms with van der Waals surface area (Å²) in [6.07, 6.45) is 4.61. The summed E-state index contributed by atoms with van der Waals surface area (Å²) in [5, 5.41) is 3.47. The first kappa shape index (κ1) is 24.2. The van der Waals surface area contributed by atoms with Gasteiger partial charge in [-0.2, -0.15) is 0 Å². The van der Waals surface area contributed by atoms with E-state index in [1.54, 1.807) is 19.2 Å². The topological polar surface area (TPSA) is 66.9 Å². The zero-order valence-electron chi connectivity index (χ0n) is 20.2. The lowest BCUT2D eigenvalue weighted by Crippen LogP contribution is -2.47. The van der Waals surface area contributed by atoms with Crippen LogP contribution in [0.15, 0.2) is 60.8 Å². The quantitative estimate of drug-likeness (QED) is 0.350. The zero-order chi connectivity index (χ0) is 24.9. The molecule has 2 aliphatic heterocycles. The maximum absolute atomic E-state index is 12.5. The van der Waals surface area contributed by atoms with Gasteiger partial charge in [0.05, 0.1) is 13.7 Å². The lowest BCUT2D eigenvalue weighted by Gasteiger charge is -2.35. The highest BCUT2D eigenvalue weighted by molar-refractivity contribution is 6.36. The number of amides is 1. The number of hydrogen-bond acceptors (Lipinski definition) is 6. The Hall–Kier alpha value is -3.55. The molecule has 8 heteroatoms. The number of nitrogens with zero attached hydrogens (tertiary/aromatic N) is 3. The van der Waals surface area contributed by atoms with Crippen LogP contribution < -0.4 is 19.7 Å². The van der Waals surface area contributed by atoms with E-state index in [1.165, 1.54) is 0 Å². The summed E-state index contributed by atoms with van der Waals surface area (Å²) in [6.45, 7) is 5.59. The molecule has 7 nitrogen and oxygen atoms in total. The van der Waals surface area contributed by atoms with E-state index < -0.39 is 0 Å². The SMILES string of the molecule is COc1cc(/C=C2\C(=O)Nc3ccc(Cl)cc32)ccc1OCCCN1CCN(c2ccccn2)CC1. The van der Waals surface area contributed by atoms with Gasteiger partial charge in [0.15, 0.2) is 11.5 Å². The molecule has 1 amide bonds. The van der Waals surface area contributed by atoms with Gasteiger partial charge in [-0.25, -0.2) is 4.98 Å². The fourth-order valence-corrected chi connectivity index (χ4v) is 4.75. The third kappa shape index (κ3) is 5.48. The molecule has 1 saturated heterocycles. The van der Waals surface area contributed by atoms with Gasteiger partial charge in [-0.3, -0.25) is 9.69 Å². The van der Waals surface area contributed by atoms with E-state index in [9.17, 15) is 4.79 Å². The number of halogens is 1. The number of nitrogens with one attached hydrogen (secondary N) is 1. The van der Waals surface area contributed by atoms with Crippen molar-refractivity contribution in [1.29, 1.82) is 0 Å². The minimum atomic E-state index is -0.146. The van der Waals surface area contributed by atoms with Crippen LogP contribution in [0.4, 0.5) is 11.5 Å². The molecule has 186 valence electrons. The van der Waals surface area contributed by atoms with E-state index in [-0.39, 0.29) is 5.91 Å². The van der Waals surface area contributed by atoms with Gasteiger partial charge in [-0.1, -0.05) is 23.7 Å². The Morgan fingerprint density at radius 2 is 1.92 bits per heavy atom. The molecular formula is C28H29ClN4O3. The second-order valence-electron chi connectivity index (χ2n) is 8.83. The Morgan fingerprint density at radius 1 is 1.06 bits per heavy atom. The van der Waals surface area contributed by atoms with E-state index in [2.05, 4.69) is 26.2 Å². The molecule has 0 aliphatic carbocycles. The number of methoxy groups -OCH3 is 1. The lowest BCUT2D eigenvalue weighted by atomic mass is 10.0. The minimum Gasteiger partial charge on any atom is -0.493 e. The second kappa shape index (κ2) is 11.0. The summed E-state index contributed by atoms with van der Waals surface area (Å²) in [5.41, 5.74) is 2.99. The van der Waals surface area contributed by atoms with Gasteiger partial charge in [-0.05, 0) is 60.5 Å². The molecule has 1 N–H and O–H groups in total. The van der Waals surface area contributed by atoms with Crippen molar-refractivity contribution in [3.8, 4) is 11.5 Å². The molecule has 36 heavy (non-hydrogen) atoms. The number of rotatable bonds is 8. The third-order valence-corrected chi connectivity index (χ3v) is 6.72. The summed E-state index contributed by atoms with van der Waals surface area (Å²) in [7, 11) is 1.62. The van der Waals surface area contributed by atoms with Gasteiger partial charge in [0, 0.05) is 60.8 Å². The lowest BCUT2D eigenvalue weighted by molar-refractivity contribution is -0.110. The van der Waals surface area contributed by atoms with Crippen molar-refractivity contribution < 1.29 is 14.3 Å². The highest BCUT2D eigenvalue weighted by Crippen LogP contribution is 2.36. The molecule has 3 aromatic rings. The van der Waals surface area contributed by atoms with Gasteiger partial charge in [0.1, 0.15) is 5.82 Å². The van der Waals surface area contributed by atoms with E-state index in [4.69, 9.17) is 21.1 Å². The molecule has 0 saturated carbocycles. The van der Waals surface area contributed by atoms with Crippen molar-refractivity contribution in [3.05, 3.63) is 76.9 Å². The molecular weight excluding hydrogens is 476 g/mol. The van der Waals surface area contributed by atoms with Crippen LogP contribution in [0, 0.1) is 0 Å². The average molecular weight is 505 g/mol. The fourth-order valence-electron chi connectivity index (χ4n) is 4.58. The van der Waals surface area contributed by atoms with Crippen molar-refractivity contribution in [2.24, 2.45) is 0 Å². The fraction of sp³-hybridized carbons (Fsp3) is 0.286. The second-order valence-corrected chi connectivity index (χ2v) is 9.27. The van der Waals surface area contributed by atoms with Crippen LogP contribution in [-0.2, 0) is 4.79 Å². The van der Waals surface area contributed by atoms with Crippen molar-refractivity contribution in [3.63, 3.8) is 0 Å². The van der Waals surface area contributed by atoms with Crippen LogP contribution in [0.1, 0.15) is 17.5 Å². The highest BCUT2D eigenvalue weighted by atomic mass is 35.5. The van der Waals surface area contributed by atoms with Crippen molar-refractivity contribution in [1.82, 2.24) is 9.88 Å². The van der Waals surface area contributed by atoms with Crippen LogP contribution in [-0.4, -0.2) is 62.2 Å². The Morgan fingerprint density at radius 3 is 2.69 bits per heavy atom. The average Bonchev–Trinajstić information content (AvgIpc) is 3.22. The summed E-state index contributed by atoms with van der Waals surface area (Å²) in [6, 6.07) is 17.1. The predicted molar refractivity (Wildman–Crippen MR) is 144 cm³/mol. The molecule has 1 aromatic heterocycles.